The van der Waals surface area contributed by atoms with E-state index in [1.54, 1.807) is 17.0 Å². The van der Waals surface area contributed by atoms with Gasteiger partial charge in [-0.2, -0.15) is 0 Å². The molecule has 2 amide bonds. The molecule has 29 heavy (non-hydrogen) atoms. The van der Waals surface area contributed by atoms with E-state index in [4.69, 9.17) is 4.74 Å². The molecule has 0 fully saturated rings. The van der Waals surface area contributed by atoms with Crippen molar-refractivity contribution in [1.29, 1.82) is 0 Å². The summed E-state index contributed by atoms with van der Waals surface area (Å²) in [5.74, 6) is 0.695. The van der Waals surface area contributed by atoms with Crippen LogP contribution in [-0.4, -0.2) is 23.3 Å². The molecule has 1 aliphatic rings. The average molecular weight is 386 g/mol. The minimum absolute atomic E-state index is 0.168. The standard InChI is InChI=1S/C24H22N2O3/c27-23(16-24(28)26-15-14-18-8-4-5-9-19(18)17-26)25-21-12-6-7-13-22(21)29-20-10-2-1-3-11-20/h1-13H,14-17H2,(H,25,27). The summed E-state index contributed by atoms with van der Waals surface area (Å²) in [6.07, 6.45) is 0.624. The third-order valence-corrected chi connectivity index (χ3v) is 4.93. The van der Waals surface area contributed by atoms with E-state index in [2.05, 4.69) is 11.4 Å². The number of benzene rings is 3. The summed E-state index contributed by atoms with van der Waals surface area (Å²) in [5.41, 5.74) is 2.96. The van der Waals surface area contributed by atoms with Gasteiger partial charge >= 0.3 is 0 Å². The number of nitrogens with zero attached hydrogens (tertiary/aromatic N) is 1. The summed E-state index contributed by atoms with van der Waals surface area (Å²) in [4.78, 5) is 26.9. The lowest BCUT2D eigenvalue weighted by atomic mass is 10.00. The first-order valence-electron chi connectivity index (χ1n) is 9.65. The van der Waals surface area contributed by atoms with Crippen molar-refractivity contribution in [3.05, 3.63) is 90.0 Å². The van der Waals surface area contributed by atoms with Crippen molar-refractivity contribution in [3.63, 3.8) is 0 Å². The van der Waals surface area contributed by atoms with E-state index in [-0.39, 0.29) is 18.2 Å². The van der Waals surface area contributed by atoms with Crippen LogP contribution in [0.15, 0.2) is 78.9 Å². The number of nitrogens with one attached hydrogen (secondary N) is 1. The Labute approximate surface area is 169 Å². The van der Waals surface area contributed by atoms with Gasteiger partial charge < -0.3 is 15.0 Å². The maximum Gasteiger partial charge on any atom is 0.233 e. The van der Waals surface area contributed by atoms with Crippen molar-refractivity contribution < 1.29 is 14.3 Å². The summed E-state index contributed by atoms with van der Waals surface area (Å²) in [7, 11) is 0. The second-order valence-electron chi connectivity index (χ2n) is 6.97. The van der Waals surface area contributed by atoms with Crippen LogP contribution in [0.5, 0.6) is 11.5 Å². The number of ether oxygens (including phenoxy) is 1. The zero-order chi connectivity index (χ0) is 20.1. The van der Waals surface area contributed by atoms with Gasteiger partial charge in [0.1, 0.15) is 12.2 Å². The molecule has 0 aromatic heterocycles. The van der Waals surface area contributed by atoms with Gasteiger partial charge in [0.05, 0.1) is 5.69 Å². The Morgan fingerprint density at radius 2 is 1.55 bits per heavy atom. The highest BCUT2D eigenvalue weighted by Gasteiger charge is 2.22. The highest BCUT2D eigenvalue weighted by molar-refractivity contribution is 6.04. The lowest BCUT2D eigenvalue weighted by Crippen LogP contribution is -2.37. The van der Waals surface area contributed by atoms with Gasteiger partial charge in [-0.3, -0.25) is 9.59 Å². The van der Waals surface area contributed by atoms with Crippen molar-refractivity contribution in [3.8, 4) is 11.5 Å². The predicted molar refractivity (Wildman–Crippen MR) is 112 cm³/mol. The maximum atomic E-state index is 12.6. The lowest BCUT2D eigenvalue weighted by molar-refractivity contribution is -0.135. The molecule has 0 radical (unpaired) electrons. The first-order chi connectivity index (χ1) is 14.2. The molecule has 5 nitrogen and oxygen atoms in total. The van der Waals surface area contributed by atoms with Crippen LogP contribution in [0, 0.1) is 0 Å². The van der Waals surface area contributed by atoms with Crippen molar-refractivity contribution in [2.24, 2.45) is 0 Å². The number of para-hydroxylation sites is 3. The molecule has 0 atom stereocenters. The molecule has 1 heterocycles. The molecule has 0 unspecified atom stereocenters. The molecule has 0 bridgehead atoms. The number of hydrogen-bond acceptors (Lipinski definition) is 3. The Bertz CT molecular complexity index is 1020. The van der Waals surface area contributed by atoms with Gasteiger partial charge in [0.15, 0.2) is 5.75 Å². The van der Waals surface area contributed by atoms with Crippen LogP contribution < -0.4 is 10.1 Å². The molecule has 5 heteroatoms. The topological polar surface area (TPSA) is 58.6 Å². The SMILES string of the molecule is O=C(CC(=O)N1CCc2ccccc2C1)Nc1ccccc1Oc1ccccc1. The van der Waals surface area contributed by atoms with E-state index in [0.29, 0.717) is 30.3 Å². The fourth-order valence-corrected chi connectivity index (χ4v) is 3.43. The van der Waals surface area contributed by atoms with E-state index < -0.39 is 0 Å². The van der Waals surface area contributed by atoms with Crippen LogP contribution in [0.3, 0.4) is 0 Å². The maximum absolute atomic E-state index is 12.6. The van der Waals surface area contributed by atoms with Crippen LogP contribution in [0.1, 0.15) is 17.5 Å². The van der Waals surface area contributed by atoms with Crippen LogP contribution in [0.4, 0.5) is 5.69 Å². The van der Waals surface area contributed by atoms with Crippen LogP contribution in [0.2, 0.25) is 0 Å². The van der Waals surface area contributed by atoms with Gasteiger partial charge in [-0.1, -0.05) is 54.6 Å². The smallest absolute Gasteiger partial charge is 0.233 e. The highest BCUT2D eigenvalue weighted by Crippen LogP contribution is 2.29. The largest absolute Gasteiger partial charge is 0.455 e. The van der Waals surface area contributed by atoms with Crippen molar-refractivity contribution >= 4 is 17.5 Å². The van der Waals surface area contributed by atoms with E-state index >= 15 is 0 Å². The molecule has 3 aromatic rings. The predicted octanol–water partition coefficient (Wildman–Crippen LogP) is 4.39. The number of amides is 2. The van der Waals surface area contributed by atoms with Gasteiger partial charge in [0.2, 0.25) is 11.8 Å². The molecular formula is C24H22N2O3. The number of hydrogen-bond donors (Lipinski definition) is 1. The molecule has 0 aliphatic carbocycles. The minimum Gasteiger partial charge on any atom is -0.455 e. The van der Waals surface area contributed by atoms with Crippen molar-refractivity contribution in [1.82, 2.24) is 4.90 Å². The van der Waals surface area contributed by atoms with E-state index in [9.17, 15) is 9.59 Å². The van der Waals surface area contributed by atoms with Crippen LogP contribution in [0.25, 0.3) is 0 Å². The average Bonchev–Trinajstić information content (AvgIpc) is 2.75. The fraction of sp³-hybridized carbons (Fsp3) is 0.167. The minimum atomic E-state index is -0.349. The second-order valence-corrected chi connectivity index (χ2v) is 6.97. The van der Waals surface area contributed by atoms with Gasteiger partial charge in [0, 0.05) is 13.1 Å². The third kappa shape index (κ3) is 4.63. The monoisotopic (exact) mass is 386 g/mol. The third-order valence-electron chi connectivity index (χ3n) is 4.93. The van der Waals surface area contributed by atoms with E-state index in [1.165, 1.54) is 5.56 Å². The molecule has 3 aromatic carbocycles. The fourth-order valence-electron chi connectivity index (χ4n) is 3.43. The van der Waals surface area contributed by atoms with Crippen LogP contribution >= 0.6 is 0 Å². The molecule has 1 N–H and O–H groups in total. The molecule has 146 valence electrons. The number of fused-ring (bicyclic) bond motifs is 1. The number of carbonyl (C=O) groups excluding carboxylic acids is 2. The summed E-state index contributed by atoms with van der Waals surface area (Å²) in [5, 5.41) is 2.81. The highest BCUT2D eigenvalue weighted by atomic mass is 16.5. The summed E-state index contributed by atoms with van der Waals surface area (Å²) < 4.78 is 5.86. The number of carbonyl (C=O) groups is 2. The van der Waals surface area contributed by atoms with Gasteiger partial charge in [-0.05, 0) is 41.8 Å². The quantitative estimate of drug-likeness (QED) is 0.662. The molecular weight excluding hydrogens is 364 g/mol. The van der Waals surface area contributed by atoms with Crippen molar-refractivity contribution in [2.75, 3.05) is 11.9 Å². The molecule has 1 aliphatic heterocycles. The molecule has 0 spiro atoms. The van der Waals surface area contributed by atoms with Gasteiger partial charge in [-0.25, -0.2) is 0 Å². The zero-order valence-electron chi connectivity index (χ0n) is 16.0. The first kappa shape index (κ1) is 18.7. The Morgan fingerprint density at radius 1 is 0.862 bits per heavy atom. The molecule has 0 saturated heterocycles. The van der Waals surface area contributed by atoms with Crippen LogP contribution in [-0.2, 0) is 22.6 Å². The second kappa shape index (κ2) is 8.61. The van der Waals surface area contributed by atoms with E-state index in [0.717, 1.165) is 12.0 Å². The van der Waals surface area contributed by atoms with Gasteiger partial charge in [0.25, 0.3) is 0 Å². The Morgan fingerprint density at radius 3 is 2.38 bits per heavy atom. The van der Waals surface area contributed by atoms with Crippen molar-refractivity contribution in [2.45, 2.75) is 19.4 Å². The zero-order valence-corrected chi connectivity index (χ0v) is 16.0. The summed E-state index contributed by atoms with van der Waals surface area (Å²) in [6.45, 7) is 1.19. The normalized spacial score (nSPS) is 12.8. The van der Waals surface area contributed by atoms with E-state index in [1.807, 2.05) is 60.7 Å². The number of anilines is 1. The first-order valence-corrected chi connectivity index (χ1v) is 9.65. The molecule has 4 rings (SSSR count). The Hall–Kier alpha value is -3.60. The summed E-state index contributed by atoms with van der Waals surface area (Å²) >= 11 is 0. The number of rotatable bonds is 5. The van der Waals surface area contributed by atoms with Gasteiger partial charge in [-0.15, -0.1) is 0 Å². The Balaban J connectivity index is 1.38. The molecule has 0 saturated carbocycles. The summed E-state index contributed by atoms with van der Waals surface area (Å²) in [6, 6.07) is 24.7. The Kier molecular flexibility index (Phi) is 5.56. The lowest BCUT2D eigenvalue weighted by Gasteiger charge is -2.28.